The maximum atomic E-state index is 12.7. The smallest absolute Gasteiger partial charge is 0.262 e. The van der Waals surface area contributed by atoms with Crippen molar-refractivity contribution in [3.63, 3.8) is 0 Å². The number of aromatic nitrogens is 2. The number of ether oxygens (including phenoxy) is 1. The van der Waals surface area contributed by atoms with E-state index in [9.17, 15) is 9.18 Å². The van der Waals surface area contributed by atoms with E-state index in [-0.39, 0.29) is 12.1 Å². The number of hydrogen-bond donors (Lipinski definition) is 0. The Morgan fingerprint density at radius 2 is 2.30 bits per heavy atom. The minimum Gasteiger partial charge on any atom is -0.384 e. The summed E-state index contributed by atoms with van der Waals surface area (Å²) in [5.74, 6) is 0.627. The molecule has 0 amide bonds. The Bertz CT molecular complexity index is 693. The van der Waals surface area contributed by atoms with E-state index < -0.39 is 6.67 Å². The van der Waals surface area contributed by atoms with Crippen molar-refractivity contribution in [3.8, 4) is 0 Å². The van der Waals surface area contributed by atoms with E-state index in [1.54, 1.807) is 18.4 Å². The number of fused-ring (bicyclic) bond motifs is 3. The second-order valence-electron chi connectivity index (χ2n) is 4.95. The van der Waals surface area contributed by atoms with Crippen molar-refractivity contribution in [2.24, 2.45) is 0 Å². The highest BCUT2D eigenvalue weighted by molar-refractivity contribution is 7.18. The van der Waals surface area contributed by atoms with Crippen LogP contribution in [0.2, 0.25) is 0 Å². The molecule has 0 aromatic carbocycles. The average Bonchev–Trinajstić information content (AvgIpc) is 3.00. The summed E-state index contributed by atoms with van der Waals surface area (Å²) < 4.78 is 19.3. The maximum Gasteiger partial charge on any atom is 0.262 e. The van der Waals surface area contributed by atoms with Crippen LogP contribution in [0.25, 0.3) is 10.2 Å². The van der Waals surface area contributed by atoms with E-state index in [1.807, 2.05) is 0 Å². The number of thiophene rings is 1. The molecule has 0 spiro atoms. The molecule has 2 aromatic heterocycles. The van der Waals surface area contributed by atoms with Crippen molar-refractivity contribution in [1.82, 2.24) is 9.55 Å². The average molecular weight is 296 g/mol. The van der Waals surface area contributed by atoms with E-state index in [2.05, 4.69) is 4.98 Å². The summed E-state index contributed by atoms with van der Waals surface area (Å²) in [4.78, 5) is 19.3. The molecule has 0 atom stereocenters. The van der Waals surface area contributed by atoms with E-state index in [1.165, 1.54) is 9.44 Å². The standard InChI is InChI=1S/C14H17FN2O2S/c1-19-8-5-11-16-13-12(14(18)17(11)7-6-15)9-3-2-4-10(9)20-13/h2-8H2,1H3. The van der Waals surface area contributed by atoms with Gasteiger partial charge in [0.2, 0.25) is 0 Å². The van der Waals surface area contributed by atoms with Gasteiger partial charge in [-0.1, -0.05) is 0 Å². The van der Waals surface area contributed by atoms with Gasteiger partial charge in [-0.2, -0.15) is 0 Å². The second-order valence-corrected chi connectivity index (χ2v) is 6.04. The molecule has 20 heavy (non-hydrogen) atoms. The quantitative estimate of drug-likeness (QED) is 0.849. The first-order valence-corrected chi connectivity index (χ1v) is 7.66. The Morgan fingerprint density at radius 3 is 3.05 bits per heavy atom. The van der Waals surface area contributed by atoms with Crippen LogP contribution in [-0.4, -0.2) is 29.9 Å². The molecule has 0 saturated carbocycles. The number of hydrogen-bond acceptors (Lipinski definition) is 4. The first-order valence-electron chi connectivity index (χ1n) is 6.85. The summed E-state index contributed by atoms with van der Waals surface area (Å²) in [7, 11) is 1.61. The van der Waals surface area contributed by atoms with E-state index >= 15 is 0 Å². The fraction of sp³-hybridized carbons (Fsp3) is 0.571. The van der Waals surface area contributed by atoms with Gasteiger partial charge in [0.25, 0.3) is 5.56 Å². The number of alkyl halides is 1. The summed E-state index contributed by atoms with van der Waals surface area (Å²) >= 11 is 1.62. The van der Waals surface area contributed by atoms with Gasteiger partial charge in [-0.25, -0.2) is 9.37 Å². The van der Waals surface area contributed by atoms with E-state index in [0.717, 1.165) is 35.0 Å². The lowest BCUT2D eigenvalue weighted by Crippen LogP contribution is -2.27. The zero-order valence-electron chi connectivity index (χ0n) is 11.4. The fourth-order valence-corrected chi connectivity index (χ4v) is 4.09. The lowest BCUT2D eigenvalue weighted by molar-refractivity contribution is 0.199. The summed E-state index contributed by atoms with van der Waals surface area (Å²) in [5, 5.41) is 0.720. The largest absolute Gasteiger partial charge is 0.384 e. The van der Waals surface area contributed by atoms with Crippen LogP contribution >= 0.6 is 11.3 Å². The number of methoxy groups -OCH3 is 1. The summed E-state index contributed by atoms with van der Waals surface area (Å²) in [6, 6.07) is 0. The lowest BCUT2D eigenvalue weighted by atomic mass is 10.2. The minimum absolute atomic E-state index is 0.0748. The van der Waals surface area contributed by atoms with Crippen molar-refractivity contribution < 1.29 is 9.13 Å². The van der Waals surface area contributed by atoms with Crippen LogP contribution in [0.1, 0.15) is 22.7 Å². The summed E-state index contributed by atoms with van der Waals surface area (Å²) in [5.41, 5.74) is 1.06. The summed E-state index contributed by atoms with van der Waals surface area (Å²) in [6.45, 7) is 0.000165. The molecule has 108 valence electrons. The third-order valence-corrected chi connectivity index (χ3v) is 4.93. The number of halogens is 1. The normalized spacial score (nSPS) is 14.1. The van der Waals surface area contributed by atoms with Gasteiger partial charge in [-0.15, -0.1) is 11.3 Å². The highest BCUT2D eigenvalue weighted by Gasteiger charge is 2.22. The van der Waals surface area contributed by atoms with Crippen LogP contribution in [-0.2, 0) is 30.5 Å². The number of nitrogens with zero attached hydrogens (tertiary/aromatic N) is 2. The van der Waals surface area contributed by atoms with Crippen molar-refractivity contribution in [2.45, 2.75) is 32.2 Å². The Balaban J connectivity index is 2.19. The van der Waals surface area contributed by atoms with Crippen molar-refractivity contribution in [2.75, 3.05) is 20.4 Å². The van der Waals surface area contributed by atoms with Crippen LogP contribution in [0.5, 0.6) is 0 Å². The Hall–Kier alpha value is -1.27. The van der Waals surface area contributed by atoms with Crippen LogP contribution in [0.4, 0.5) is 4.39 Å². The molecule has 1 aliphatic rings. The summed E-state index contributed by atoms with van der Waals surface area (Å²) in [6.07, 6.45) is 3.61. The fourth-order valence-electron chi connectivity index (χ4n) is 2.82. The molecule has 2 heterocycles. The predicted octanol–water partition coefficient (Wildman–Crippen LogP) is 2.11. The second kappa shape index (κ2) is 5.61. The van der Waals surface area contributed by atoms with Gasteiger partial charge in [-0.3, -0.25) is 9.36 Å². The van der Waals surface area contributed by atoms with E-state index in [4.69, 9.17) is 4.74 Å². The van der Waals surface area contributed by atoms with Crippen molar-refractivity contribution >= 4 is 21.6 Å². The van der Waals surface area contributed by atoms with E-state index in [0.29, 0.717) is 18.9 Å². The van der Waals surface area contributed by atoms with Gasteiger partial charge in [0.15, 0.2) is 0 Å². The Labute approximate surface area is 120 Å². The monoisotopic (exact) mass is 296 g/mol. The number of rotatable bonds is 5. The van der Waals surface area contributed by atoms with Gasteiger partial charge in [0.1, 0.15) is 17.3 Å². The highest BCUT2D eigenvalue weighted by Crippen LogP contribution is 2.34. The van der Waals surface area contributed by atoms with Gasteiger partial charge >= 0.3 is 0 Å². The first kappa shape index (κ1) is 13.7. The SMILES string of the molecule is COCCc1nc2sc3c(c2c(=O)n1CCF)CCC3. The van der Waals surface area contributed by atoms with Gasteiger partial charge in [-0.05, 0) is 24.8 Å². The molecule has 3 rings (SSSR count). The molecule has 6 heteroatoms. The molecule has 1 aliphatic carbocycles. The topological polar surface area (TPSA) is 44.1 Å². The van der Waals surface area contributed by atoms with Crippen molar-refractivity contribution in [3.05, 3.63) is 26.6 Å². The van der Waals surface area contributed by atoms with Crippen LogP contribution < -0.4 is 5.56 Å². The lowest BCUT2D eigenvalue weighted by Gasteiger charge is -2.10. The van der Waals surface area contributed by atoms with Crippen LogP contribution in [0.15, 0.2) is 4.79 Å². The molecule has 0 unspecified atom stereocenters. The van der Waals surface area contributed by atoms with Crippen LogP contribution in [0, 0.1) is 0 Å². The molecule has 0 aliphatic heterocycles. The molecule has 0 fully saturated rings. The minimum atomic E-state index is -0.556. The van der Waals surface area contributed by atoms with Crippen LogP contribution in [0.3, 0.4) is 0 Å². The molecule has 0 radical (unpaired) electrons. The van der Waals surface area contributed by atoms with Gasteiger partial charge < -0.3 is 4.74 Å². The molecule has 4 nitrogen and oxygen atoms in total. The zero-order valence-corrected chi connectivity index (χ0v) is 12.3. The molecular weight excluding hydrogens is 279 g/mol. The molecule has 0 bridgehead atoms. The Morgan fingerprint density at radius 1 is 1.45 bits per heavy atom. The molecule has 0 saturated heterocycles. The van der Waals surface area contributed by atoms with Gasteiger partial charge in [0.05, 0.1) is 18.5 Å². The maximum absolute atomic E-state index is 12.7. The first-order chi connectivity index (χ1) is 9.76. The molecular formula is C14H17FN2O2S. The van der Waals surface area contributed by atoms with Crippen molar-refractivity contribution in [1.29, 1.82) is 0 Å². The van der Waals surface area contributed by atoms with Gasteiger partial charge in [0, 0.05) is 18.4 Å². The number of aryl methyl sites for hydroxylation is 2. The third kappa shape index (κ3) is 2.16. The third-order valence-electron chi connectivity index (χ3n) is 3.74. The Kier molecular flexibility index (Phi) is 3.85. The highest BCUT2D eigenvalue weighted by atomic mass is 32.1. The predicted molar refractivity (Wildman–Crippen MR) is 77.5 cm³/mol. The molecule has 2 aromatic rings. The zero-order chi connectivity index (χ0) is 14.1. The molecule has 0 N–H and O–H groups in total.